The Morgan fingerprint density at radius 2 is 1.70 bits per heavy atom. The van der Waals surface area contributed by atoms with E-state index in [0.29, 0.717) is 10.0 Å². The SMILES string of the molecule is C[C@H](NC(=O)c1ccc(F)cc1Br)c1ccc(F)cc1. The van der Waals surface area contributed by atoms with Gasteiger partial charge in [0.15, 0.2) is 0 Å². The Morgan fingerprint density at radius 3 is 2.30 bits per heavy atom. The van der Waals surface area contributed by atoms with Gasteiger partial charge in [-0.3, -0.25) is 4.79 Å². The lowest BCUT2D eigenvalue weighted by Crippen LogP contribution is -2.27. The smallest absolute Gasteiger partial charge is 0.252 e. The maximum Gasteiger partial charge on any atom is 0.252 e. The predicted octanol–water partition coefficient (Wildman–Crippen LogP) is 4.22. The minimum absolute atomic E-state index is 0.278. The van der Waals surface area contributed by atoms with Crippen LogP contribution < -0.4 is 5.32 Å². The van der Waals surface area contributed by atoms with Crippen LogP contribution >= 0.6 is 15.9 Å². The van der Waals surface area contributed by atoms with Gasteiger partial charge in [-0.25, -0.2) is 8.78 Å². The van der Waals surface area contributed by atoms with Crippen molar-refractivity contribution in [3.63, 3.8) is 0 Å². The van der Waals surface area contributed by atoms with Crippen LogP contribution in [0.1, 0.15) is 28.9 Å². The van der Waals surface area contributed by atoms with Crippen LogP contribution in [0.25, 0.3) is 0 Å². The molecule has 0 bridgehead atoms. The Morgan fingerprint density at radius 1 is 1.10 bits per heavy atom. The standard InChI is InChI=1S/C15H12BrF2NO/c1-9(10-2-4-11(17)5-3-10)19-15(20)13-7-6-12(18)8-14(13)16/h2-9H,1H3,(H,19,20)/t9-/m0/s1. The first-order chi connectivity index (χ1) is 9.47. The van der Waals surface area contributed by atoms with Gasteiger partial charge in [-0.2, -0.15) is 0 Å². The molecule has 0 saturated heterocycles. The van der Waals surface area contributed by atoms with Gasteiger partial charge < -0.3 is 5.32 Å². The van der Waals surface area contributed by atoms with Gasteiger partial charge in [-0.05, 0) is 58.7 Å². The number of halogens is 3. The second-order valence-electron chi connectivity index (χ2n) is 4.37. The predicted molar refractivity (Wildman–Crippen MR) is 76.4 cm³/mol. The molecular weight excluding hydrogens is 328 g/mol. The highest BCUT2D eigenvalue weighted by atomic mass is 79.9. The van der Waals surface area contributed by atoms with E-state index < -0.39 is 5.82 Å². The number of carbonyl (C=O) groups is 1. The van der Waals surface area contributed by atoms with Crippen molar-refractivity contribution in [3.05, 3.63) is 69.7 Å². The summed E-state index contributed by atoms with van der Waals surface area (Å²) in [6, 6.07) is 9.49. The largest absolute Gasteiger partial charge is 0.345 e. The number of hydrogen-bond donors (Lipinski definition) is 1. The van der Waals surface area contributed by atoms with E-state index in [1.807, 2.05) is 0 Å². The van der Waals surface area contributed by atoms with Crippen LogP contribution in [0.4, 0.5) is 8.78 Å². The number of amides is 1. The molecule has 1 atom stereocenters. The number of hydrogen-bond acceptors (Lipinski definition) is 1. The highest BCUT2D eigenvalue weighted by molar-refractivity contribution is 9.10. The molecule has 2 rings (SSSR count). The molecule has 0 saturated carbocycles. The molecule has 1 amide bonds. The number of nitrogens with one attached hydrogen (secondary N) is 1. The Hall–Kier alpha value is -1.75. The summed E-state index contributed by atoms with van der Waals surface area (Å²) in [5.41, 5.74) is 1.14. The summed E-state index contributed by atoms with van der Waals surface area (Å²) >= 11 is 3.15. The molecule has 0 spiro atoms. The first-order valence-corrected chi connectivity index (χ1v) is 6.78. The van der Waals surface area contributed by atoms with Crippen LogP contribution in [0.15, 0.2) is 46.9 Å². The van der Waals surface area contributed by atoms with E-state index >= 15 is 0 Å². The molecule has 0 fully saturated rings. The van der Waals surface area contributed by atoms with Crippen molar-refractivity contribution < 1.29 is 13.6 Å². The van der Waals surface area contributed by atoms with E-state index in [4.69, 9.17) is 0 Å². The first kappa shape index (κ1) is 14.7. The molecule has 1 N–H and O–H groups in total. The van der Waals surface area contributed by atoms with E-state index in [9.17, 15) is 13.6 Å². The van der Waals surface area contributed by atoms with E-state index in [2.05, 4.69) is 21.2 Å². The third-order valence-corrected chi connectivity index (χ3v) is 3.55. The monoisotopic (exact) mass is 339 g/mol. The molecule has 5 heteroatoms. The van der Waals surface area contributed by atoms with Gasteiger partial charge in [0.1, 0.15) is 11.6 Å². The quantitative estimate of drug-likeness (QED) is 0.891. The molecule has 2 aromatic rings. The first-order valence-electron chi connectivity index (χ1n) is 5.99. The molecule has 0 aliphatic carbocycles. The summed E-state index contributed by atoms with van der Waals surface area (Å²) in [6.45, 7) is 1.79. The molecule has 2 aromatic carbocycles. The fourth-order valence-electron chi connectivity index (χ4n) is 1.78. The Balaban J connectivity index is 2.13. The van der Waals surface area contributed by atoms with Crippen molar-refractivity contribution in [3.8, 4) is 0 Å². The van der Waals surface area contributed by atoms with Crippen molar-refractivity contribution in [2.45, 2.75) is 13.0 Å². The molecule has 0 unspecified atom stereocenters. The van der Waals surface area contributed by atoms with Crippen LogP contribution in [-0.4, -0.2) is 5.91 Å². The summed E-state index contributed by atoms with van der Waals surface area (Å²) in [5.74, 6) is -1.07. The fraction of sp³-hybridized carbons (Fsp3) is 0.133. The molecule has 2 nitrogen and oxygen atoms in total. The summed E-state index contributed by atoms with van der Waals surface area (Å²) < 4.78 is 26.2. The van der Waals surface area contributed by atoms with Crippen LogP contribution in [0.5, 0.6) is 0 Å². The lowest BCUT2D eigenvalue weighted by Gasteiger charge is -2.15. The number of benzene rings is 2. The third kappa shape index (κ3) is 3.42. The topological polar surface area (TPSA) is 29.1 Å². The molecule has 104 valence electrons. The summed E-state index contributed by atoms with van der Waals surface area (Å²) in [5, 5.41) is 2.78. The Bertz CT molecular complexity index is 628. The Labute approximate surface area is 123 Å². The van der Waals surface area contributed by atoms with Crippen molar-refractivity contribution >= 4 is 21.8 Å². The average Bonchev–Trinajstić information content (AvgIpc) is 2.39. The molecular formula is C15H12BrF2NO. The highest BCUT2D eigenvalue weighted by Crippen LogP contribution is 2.20. The van der Waals surface area contributed by atoms with Gasteiger partial charge in [0.05, 0.1) is 11.6 Å². The fourth-order valence-corrected chi connectivity index (χ4v) is 2.31. The zero-order valence-electron chi connectivity index (χ0n) is 10.7. The van der Waals surface area contributed by atoms with E-state index in [0.717, 1.165) is 5.56 Å². The lowest BCUT2D eigenvalue weighted by atomic mass is 10.1. The van der Waals surface area contributed by atoms with Crippen molar-refractivity contribution in [2.24, 2.45) is 0 Å². The third-order valence-electron chi connectivity index (χ3n) is 2.89. The molecule has 0 radical (unpaired) electrons. The van der Waals surface area contributed by atoms with Crippen molar-refractivity contribution in [1.82, 2.24) is 5.32 Å². The zero-order valence-corrected chi connectivity index (χ0v) is 12.2. The van der Waals surface area contributed by atoms with Crippen LogP contribution in [0, 0.1) is 11.6 Å². The number of rotatable bonds is 3. The minimum Gasteiger partial charge on any atom is -0.345 e. The normalized spacial score (nSPS) is 12.0. The van der Waals surface area contributed by atoms with Crippen LogP contribution in [0.2, 0.25) is 0 Å². The minimum atomic E-state index is -0.417. The summed E-state index contributed by atoms with van der Waals surface area (Å²) in [7, 11) is 0. The summed E-state index contributed by atoms with van der Waals surface area (Å²) in [4.78, 5) is 12.1. The summed E-state index contributed by atoms with van der Waals surface area (Å²) in [6.07, 6.45) is 0. The molecule has 0 aromatic heterocycles. The van der Waals surface area contributed by atoms with Gasteiger partial charge in [0.25, 0.3) is 5.91 Å². The second kappa shape index (κ2) is 6.13. The van der Waals surface area contributed by atoms with Gasteiger partial charge in [-0.1, -0.05) is 12.1 Å². The Kier molecular flexibility index (Phi) is 4.49. The van der Waals surface area contributed by atoms with E-state index in [1.165, 1.54) is 30.3 Å². The van der Waals surface area contributed by atoms with Gasteiger partial charge >= 0.3 is 0 Å². The molecule has 0 aliphatic heterocycles. The molecule has 0 aliphatic rings. The van der Waals surface area contributed by atoms with Crippen molar-refractivity contribution in [2.75, 3.05) is 0 Å². The van der Waals surface area contributed by atoms with Crippen LogP contribution in [0.3, 0.4) is 0 Å². The van der Waals surface area contributed by atoms with Gasteiger partial charge in [0, 0.05) is 4.47 Å². The lowest BCUT2D eigenvalue weighted by molar-refractivity contribution is 0.0939. The highest BCUT2D eigenvalue weighted by Gasteiger charge is 2.14. The molecule has 20 heavy (non-hydrogen) atoms. The van der Waals surface area contributed by atoms with Gasteiger partial charge in [0.2, 0.25) is 0 Å². The van der Waals surface area contributed by atoms with Crippen LogP contribution in [-0.2, 0) is 0 Å². The van der Waals surface area contributed by atoms with Crippen molar-refractivity contribution in [1.29, 1.82) is 0 Å². The molecule has 0 heterocycles. The van der Waals surface area contributed by atoms with E-state index in [1.54, 1.807) is 19.1 Å². The maximum atomic E-state index is 13.0. The second-order valence-corrected chi connectivity index (χ2v) is 5.23. The van der Waals surface area contributed by atoms with Gasteiger partial charge in [-0.15, -0.1) is 0 Å². The zero-order chi connectivity index (χ0) is 14.7. The number of carbonyl (C=O) groups excluding carboxylic acids is 1. The van der Waals surface area contributed by atoms with E-state index in [-0.39, 0.29) is 17.8 Å². The average molecular weight is 340 g/mol. The maximum absolute atomic E-state index is 13.0.